The largest absolute Gasteiger partial charge is 0.444 e. The van der Waals surface area contributed by atoms with Crippen LogP contribution in [0.3, 0.4) is 0 Å². The van der Waals surface area contributed by atoms with Crippen molar-refractivity contribution in [2.75, 3.05) is 23.7 Å². The molecule has 0 spiro atoms. The van der Waals surface area contributed by atoms with Gasteiger partial charge in [0, 0.05) is 13.1 Å². The van der Waals surface area contributed by atoms with E-state index in [4.69, 9.17) is 11.5 Å². The van der Waals surface area contributed by atoms with Crippen molar-refractivity contribution in [1.29, 1.82) is 0 Å². The fraction of sp³-hybridized carbons (Fsp3) is 0.600. The molecule has 1 aliphatic rings. The molecule has 1 saturated heterocycles. The van der Waals surface area contributed by atoms with E-state index < -0.39 is 11.7 Å². The van der Waals surface area contributed by atoms with Crippen LogP contribution in [0.4, 0.5) is 16.3 Å². The van der Waals surface area contributed by atoms with Gasteiger partial charge in [-0.15, -0.1) is 0 Å². The molecule has 2 heterocycles. The number of amides is 1. The summed E-state index contributed by atoms with van der Waals surface area (Å²) < 4.78 is 4.58. The summed E-state index contributed by atoms with van der Waals surface area (Å²) in [5.41, 5.74) is 11.0. The van der Waals surface area contributed by atoms with Crippen molar-refractivity contribution >= 4 is 17.6 Å². The Balaban J connectivity index is 0.000000240. The Morgan fingerprint density at radius 2 is 1.86 bits per heavy atom. The molecule has 0 saturated carbocycles. The van der Waals surface area contributed by atoms with Gasteiger partial charge in [-0.1, -0.05) is 0 Å². The average molecular weight is 294 g/mol. The second-order valence-corrected chi connectivity index (χ2v) is 6.02. The number of pyridine rings is 1. The third-order valence-electron chi connectivity index (χ3n) is 2.90. The van der Waals surface area contributed by atoms with Gasteiger partial charge in [0.05, 0.1) is 11.9 Å². The summed E-state index contributed by atoms with van der Waals surface area (Å²) in [7, 11) is 0. The number of nitrogen functional groups attached to an aromatic ring is 1. The number of hydrogen-bond donors (Lipinski definition) is 2. The van der Waals surface area contributed by atoms with Gasteiger partial charge in [-0.05, 0) is 52.2 Å². The van der Waals surface area contributed by atoms with Gasteiger partial charge < -0.3 is 21.1 Å². The average Bonchev–Trinajstić information content (AvgIpc) is 2.38. The van der Waals surface area contributed by atoms with Gasteiger partial charge in [-0.3, -0.25) is 0 Å². The summed E-state index contributed by atoms with van der Waals surface area (Å²) in [5, 5.41) is 0. The molecular formula is C15H26N4O2. The van der Waals surface area contributed by atoms with Gasteiger partial charge in [-0.25, -0.2) is 9.78 Å². The smallest absolute Gasteiger partial charge is 0.405 e. The van der Waals surface area contributed by atoms with Crippen molar-refractivity contribution in [2.45, 2.75) is 45.6 Å². The minimum Gasteiger partial charge on any atom is -0.444 e. The molecule has 118 valence electrons. The lowest BCUT2D eigenvalue weighted by atomic mass is 10.1. The van der Waals surface area contributed by atoms with E-state index in [1.54, 1.807) is 20.8 Å². The number of nitrogens with zero attached hydrogens (tertiary/aromatic N) is 2. The molecule has 1 amide bonds. The van der Waals surface area contributed by atoms with Crippen LogP contribution in [0.25, 0.3) is 0 Å². The fourth-order valence-electron chi connectivity index (χ4n) is 2.04. The van der Waals surface area contributed by atoms with Crippen LogP contribution in [0.1, 0.15) is 40.0 Å². The molecule has 6 nitrogen and oxygen atoms in total. The molecule has 4 N–H and O–H groups in total. The molecule has 0 aromatic carbocycles. The van der Waals surface area contributed by atoms with Gasteiger partial charge >= 0.3 is 6.09 Å². The number of carbonyl (C=O) groups excluding carboxylic acids is 1. The standard InChI is InChI=1S/C10H15N3.C5H11NO2/c11-10-5-4-9(8-12-10)13-6-2-1-3-7-13;1-5(2,3)8-4(6)7/h4-5,8H,1-3,6-7H2,(H2,11,12);1-3H3,(H2,6,7). The van der Waals surface area contributed by atoms with Crippen LogP contribution in [0.5, 0.6) is 0 Å². The van der Waals surface area contributed by atoms with Crippen LogP contribution >= 0.6 is 0 Å². The molecule has 6 heteroatoms. The number of hydrogen-bond acceptors (Lipinski definition) is 5. The summed E-state index contributed by atoms with van der Waals surface area (Å²) in [6, 6.07) is 3.91. The van der Waals surface area contributed by atoms with Crippen molar-refractivity contribution < 1.29 is 9.53 Å². The quantitative estimate of drug-likeness (QED) is 0.830. The maximum atomic E-state index is 10.0. The first-order chi connectivity index (χ1) is 9.78. The molecule has 1 aromatic heterocycles. The zero-order valence-electron chi connectivity index (χ0n) is 13.1. The van der Waals surface area contributed by atoms with Gasteiger partial charge in [0.1, 0.15) is 11.4 Å². The molecule has 21 heavy (non-hydrogen) atoms. The van der Waals surface area contributed by atoms with Crippen molar-refractivity contribution in [3.63, 3.8) is 0 Å². The molecule has 1 aliphatic heterocycles. The van der Waals surface area contributed by atoms with Crippen LogP contribution in [-0.2, 0) is 4.74 Å². The molecule has 2 rings (SSSR count). The van der Waals surface area contributed by atoms with Crippen molar-refractivity contribution in [3.05, 3.63) is 18.3 Å². The van der Waals surface area contributed by atoms with Gasteiger partial charge in [0.2, 0.25) is 0 Å². The number of carbonyl (C=O) groups is 1. The first-order valence-electron chi connectivity index (χ1n) is 7.23. The predicted octanol–water partition coefficient (Wildman–Crippen LogP) is 2.53. The maximum Gasteiger partial charge on any atom is 0.405 e. The van der Waals surface area contributed by atoms with E-state index in [9.17, 15) is 4.79 Å². The highest BCUT2D eigenvalue weighted by Crippen LogP contribution is 2.18. The molecule has 1 aromatic rings. The Bertz CT molecular complexity index is 434. The zero-order valence-corrected chi connectivity index (χ0v) is 13.1. The van der Waals surface area contributed by atoms with Crippen LogP contribution in [0, 0.1) is 0 Å². The zero-order chi connectivity index (χ0) is 15.9. The van der Waals surface area contributed by atoms with Crippen LogP contribution < -0.4 is 16.4 Å². The van der Waals surface area contributed by atoms with E-state index in [1.165, 1.54) is 24.9 Å². The van der Waals surface area contributed by atoms with Crippen LogP contribution in [0.2, 0.25) is 0 Å². The van der Waals surface area contributed by atoms with Crippen LogP contribution in [-0.4, -0.2) is 29.8 Å². The monoisotopic (exact) mass is 294 g/mol. The number of anilines is 2. The first kappa shape index (κ1) is 17.1. The van der Waals surface area contributed by atoms with Crippen molar-refractivity contribution in [1.82, 2.24) is 4.98 Å². The van der Waals surface area contributed by atoms with Crippen molar-refractivity contribution in [2.24, 2.45) is 5.73 Å². The van der Waals surface area contributed by atoms with Gasteiger partial charge in [0.15, 0.2) is 0 Å². The summed E-state index contributed by atoms with van der Waals surface area (Å²) >= 11 is 0. The van der Waals surface area contributed by atoms with Crippen LogP contribution in [0.15, 0.2) is 18.3 Å². The Morgan fingerprint density at radius 1 is 1.24 bits per heavy atom. The lowest BCUT2D eigenvalue weighted by Gasteiger charge is -2.28. The van der Waals surface area contributed by atoms with E-state index in [1.807, 2.05) is 18.3 Å². The summed E-state index contributed by atoms with van der Waals surface area (Å²) in [4.78, 5) is 16.5. The minimum atomic E-state index is -0.725. The topological polar surface area (TPSA) is 94.5 Å². The first-order valence-corrected chi connectivity index (χ1v) is 7.23. The second kappa shape index (κ2) is 7.71. The Kier molecular flexibility index (Phi) is 6.27. The molecule has 0 radical (unpaired) electrons. The predicted molar refractivity (Wildman–Crippen MR) is 85.1 cm³/mol. The molecule has 0 atom stereocenters. The van der Waals surface area contributed by atoms with E-state index in [0.717, 1.165) is 13.1 Å². The third kappa shape index (κ3) is 7.39. The molecule has 1 fully saturated rings. The molecule has 0 bridgehead atoms. The summed E-state index contributed by atoms with van der Waals surface area (Å²) in [5.74, 6) is 0.598. The minimum absolute atomic E-state index is 0.453. The third-order valence-corrected chi connectivity index (χ3v) is 2.90. The highest BCUT2D eigenvalue weighted by molar-refractivity contribution is 5.65. The lowest BCUT2D eigenvalue weighted by Crippen LogP contribution is -2.29. The summed E-state index contributed by atoms with van der Waals surface area (Å²) in [6.45, 7) is 7.60. The fourth-order valence-corrected chi connectivity index (χ4v) is 2.04. The molecular weight excluding hydrogens is 268 g/mol. The van der Waals surface area contributed by atoms with E-state index in [-0.39, 0.29) is 0 Å². The number of aromatic nitrogens is 1. The number of nitrogens with two attached hydrogens (primary N) is 2. The Hall–Kier alpha value is -1.98. The summed E-state index contributed by atoms with van der Waals surface area (Å²) in [6.07, 6.45) is 5.09. The SMILES string of the molecule is CC(C)(C)OC(N)=O.Nc1ccc(N2CCCCC2)cn1. The van der Waals surface area contributed by atoms with Crippen molar-refractivity contribution in [3.8, 4) is 0 Å². The van der Waals surface area contributed by atoms with E-state index in [0.29, 0.717) is 5.82 Å². The second-order valence-electron chi connectivity index (χ2n) is 6.02. The molecule has 0 unspecified atom stereocenters. The Labute approximate surface area is 126 Å². The number of ether oxygens (including phenoxy) is 1. The Morgan fingerprint density at radius 3 is 2.24 bits per heavy atom. The molecule has 0 aliphatic carbocycles. The van der Waals surface area contributed by atoms with Gasteiger partial charge in [0.25, 0.3) is 0 Å². The van der Waals surface area contributed by atoms with E-state index in [2.05, 4.69) is 14.6 Å². The number of primary amides is 1. The van der Waals surface area contributed by atoms with Gasteiger partial charge in [-0.2, -0.15) is 0 Å². The van der Waals surface area contributed by atoms with E-state index >= 15 is 0 Å². The number of piperidine rings is 1. The highest BCUT2D eigenvalue weighted by atomic mass is 16.6. The normalized spacial score (nSPS) is 14.9. The number of rotatable bonds is 1. The maximum absolute atomic E-state index is 10.0. The lowest BCUT2D eigenvalue weighted by molar-refractivity contribution is 0.0600. The highest BCUT2D eigenvalue weighted by Gasteiger charge is 2.12.